The summed E-state index contributed by atoms with van der Waals surface area (Å²) in [5, 5.41) is 4.99. The molecule has 2 N–H and O–H groups in total. The molecular weight excluding hydrogens is 242 g/mol. The first-order valence-electron chi connectivity index (χ1n) is 6.49. The van der Waals surface area contributed by atoms with Crippen LogP contribution in [-0.2, 0) is 0 Å². The minimum Gasteiger partial charge on any atom is -0.387 e. The summed E-state index contributed by atoms with van der Waals surface area (Å²) >= 11 is 0. The Morgan fingerprint density at radius 2 is 2.00 bits per heavy atom. The molecule has 19 heavy (non-hydrogen) atoms. The summed E-state index contributed by atoms with van der Waals surface area (Å²) in [6, 6.07) is 1.87. The van der Waals surface area contributed by atoms with Crippen LogP contribution in [-0.4, -0.2) is 61.1 Å². The molecule has 0 atom stereocenters. The van der Waals surface area contributed by atoms with Crippen LogP contribution in [0.3, 0.4) is 0 Å². The first kappa shape index (κ1) is 13.8. The molecule has 6 nitrogen and oxygen atoms in total. The summed E-state index contributed by atoms with van der Waals surface area (Å²) in [6.45, 7) is 5.52. The lowest BCUT2D eigenvalue weighted by molar-refractivity contribution is 0.0663. The van der Waals surface area contributed by atoms with Crippen LogP contribution in [0.25, 0.3) is 0 Å². The van der Waals surface area contributed by atoms with Gasteiger partial charge < -0.3 is 10.2 Å². The molecule has 104 valence electrons. The van der Waals surface area contributed by atoms with E-state index in [1.807, 2.05) is 18.0 Å². The second-order valence-electron chi connectivity index (χ2n) is 4.85. The Kier molecular flexibility index (Phi) is 4.34. The number of hydrogen-bond donors (Lipinski definition) is 2. The van der Waals surface area contributed by atoms with Crippen molar-refractivity contribution in [1.29, 1.82) is 0 Å². The number of anilines is 1. The maximum atomic E-state index is 12.2. The number of piperazine rings is 1. The van der Waals surface area contributed by atoms with Crippen LogP contribution in [0.15, 0.2) is 12.3 Å². The second-order valence-corrected chi connectivity index (χ2v) is 4.85. The highest BCUT2D eigenvalue weighted by molar-refractivity contribution is 5.99. The molecule has 0 radical (unpaired) electrons. The average Bonchev–Trinajstić information content (AvgIpc) is 2.41. The van der Waals surface area contributed by atoms with Gasteiger partial charge in [0.15, 0.2) is 0 Å². The molecule has 0 unspecified atom stereocenters. The molecule has 0 aliphatic carbocycles. The van der Waals surface area contributed by atoms with Gasteiger partial charge in [-0.3, -0.25) is 15.2 Å². The quantitative estimate of drug-likeness (QED) is 0.822. The number of hydrogen-bond acceptors (Lipinski definition) is 5. The fraction of sp³-hybridized carbons (Fsp3) is 0.538. The Labute approximate surface area is 113 Å². The van der Waals surface area contributed by atoms with Gasteiger partial charge in [0.1, 0.15) is 0 Å². The first-order valence-corrected chi connectivity index (χ1v) is 6.49. The van der Waals surface area contributed by atoms with Crippen molar-refractivity contribution in [1.82, 2.24) is 20.3 Å². The van der Waals surface area contributed by atoms with E-state index in [1.165, 1.54) is 0 Å². The lowest BCUT2D eigenvalue weighted by Gasteiger charge is -2.32. The van der Waals surface area contributed by atoms with E-state index in [4.69, 9.17) is 0 Å². The monoisotopic (exact) mass is 263 g/mol. The van der Waals surface area contributed by atoms with Crippen molar-refractivity contribution in [3.63, 3.8) is 0 Å². The molecule has 2 rings (SSSR count). The van der Waals surface area contributed by atoms with Crippen LogP contribution < -0.4 is 10.7 Å². The number of carbonyl (C=O) groups is 1. The number of carbonyl (C=O) groups excluding carboxylic acids is 1. The molecule has 1 aliphatic rings. The lowest BCUT2D eigenvalue weighted by atomic mass is 10.2. The van der Waals surface area contributed by atoms with Crippen LogP contribution in [0.5, 0.6) is 0 Å². The maximum Gasteiger partial charge on any atom is 0.269 e. The number of aromatic nitrogens is 1. The topological polar surface area (TPSA) is 60.5 Å². The van der Waals surface area contributed by atoms with Crippen LogP contribution in [0.2, 0.25) is 0 Å². The number of rotatable bonds is 3. The highest BCUT2D eigenvalue weighted by atomic mass is 16.2. The summed E-state index contributed by atoms with van der Waals surface area (Å²) in [6.07, 6.45) is 1.62. The van der Waals surface area contributed by atoms with Crippen molar-refractivity contribution < 1.29 is 4.79 Å². The number of pyridine rings is 1. The fourth-order valence-corrected chi connectivity index (χ4v) is 2.07. The van der Waals surface area contributed by atoms with Gasteiger partial charge in [-0.25, -0.2) is 5.01 Å². The van der Waals surface area contributed by atoms with E-state index in [0.717, 1.165) is 37.6 Å². The van der Waals surface area contributed by atoms with Crippen molar-refractivity contribution in [2.24, 2.45) is 0 Å². The molecule has 1 saturated heterocycles. The molecule has 2 heterocycles. The van der Waals surface area contributed by atoms with Crippen molar-refractivity contribution in [3.8, 4) is 0 Å². The van der Waals surface area contributed by atoms with Gasteiger partial charge in [-0.2, -0.15) is 0 Å². The molecule has 1 fully saturated rings. The molecule has 1 amide bonds. The molecule has 1 aliphatic heterocycles. The maximum absolute atomic E-state index is 12.2. The third kappa shape index (κ3) is 3.42. The standard InChI is InChI=1S/C13H21N5O/c1-10-8-12(14-2)11(9-15-10)13(19)16-18-6-4-17(3)5-7-18/h8-9H,4-7H2,1-3H3,(H,14,15)(H,16,19). The van der Waals surface area contributed by atoms with Crippen molar-refractivity contribution in [3.05, 3.63) is 23.5 Å². The minimum absolute atomic E-state index is 0.110. The Morgan fingerprint density at radius 1 is 1.32 bits per heavy atom. The molecule has 1 aromatic heterocycles. The van der Waals surface area contributed by atoms with Crippen molar-refractivity contribution in [2.75, 3.05) is 45.6 Å². The van der Waals surface area contributed by atoms with Crippen LogP contribution in [0, 0.1) is 6.92 Å². The van der Waals surface area contributed by atoms with E-state index in [1.54, 1.807) is 13.2 Å². The SMILES string of the molecule is CNc1cc(C)ncc1C(=O)NN1CCN(C)CC1. The molecule has 0 saturated carbocycles. The number of amides is 1. The Bertz CT molecular complexity index is 454. The number of aryl methyl sites for hydroxylation is 1. The van der Waals surface area contributed by atoms with Crippen LogP contribution in [0.4, 0.5) is 5.69 Å². The predicted molar refractivity (Wildman–Crippen MR) is 75.1 cm³/mol. The van der Waals surface area contributed by atoms with E-state index >= 15 is 0 Å². The zero-order valence-electron chi connectivity index (χ0n) is 11.7. The summed E-state index contributed by atoms with van der Waals surface area (Å²) in [7, 11) is 3.89. The first-order chi connectivity index (χ1) is 9.10. The molecule has 6 heteroatoms. The normalized spacial score (nSPS) is 17.2. The molecule has 0 bridgehead atoms. The molecule has 0 aromatic carbocycles. The zero-order chi connectivity index (χ0) is 13.8. The Balaban J connectivity index is 2.03. The van der Waals surface area contributed by atoms with Crippen molar-refractivity contribution in [2.45, 2.75) is 6.92 Å². The van der Waals surface area contributed by atoms with E-state index in [9.17, 15) is 4.79 Å². The molecule has 0 spiro atoms. The van der Waals surface area contributed by atoms with Gasteiger partial charge in [0.25, 0.3) is 5.91 Å². The van der Waals surface area contributed by atoms with E-state index < -0.39 is 0 Å². The van der Waals surface area contributed by atoms with Gasteiger partial charge >= 0.3 is 0 Å². The third-order valence-corrected chi connectivity index (χ3v) is 3.32. The predicted octanol–water partition coefficient (Wildman–Crippen LogP) is 0.324. The highest BCUT2D eigenvalue weighted by Crippen LogP contribution is 2.15. The summed E-state index contributed by atoms with van der Waals surface area (Å²) in [5.41, 5.74) is 5.21. The second kappa shape index (κ2) is 5.99. The van der Waals surface area contributed by atoms with Crippen LogP contribution in [0.1, 0.15) is 16.1 Å². The van der Waals surface area contributed by atoms with Gasteiger partial charge in [-0.1, -0.05) is 0 Å². The smallest absolute Gasteiger partial charge is 0.269 e. The van der Waals surface area contributed by atoms with Crippen LogP contribution >= 0.6 is 0 Å². The third-order valence-electron chi connectivity index (χ3n) is 3.32. The number of nitrogens with one attached hydrogen (secondary N) is 2. The van der Waals surface area contributed by atoms with Crippen molar-refractivity contribution >= 4 is 11.6 Å². The minimum atomic E-state index is -0.110. The summed E-state index contributed by atoms with van der Waals surface area (Å²) < 4.78 is 0. The van der Waals surface area contributed by atoms with Gasteiger partial charge in [0, 0.05) is 45.1 Å². The number of likely N-dealkylation sites (N-methyl/N-ethyl adjacent to an activating group) is 1. The lowest BCUT2D eigenvalue weighted by Crippen LogP contribution is -2.52. The van der Waals surface area contributed by atoms with E-state index in [-0.39, 0.29) is 5.91 Å². The Hall–Kier alpha value is -1.66. The van der Waals surface area contributed by atoms with Gasteiger partial charge in [0.2, 0.25) is 0 Å². The van der Waals surface area contributed by atoms with Gasteiger partial charge in [0.05, 0.1) is 11.3 Å². The van der Waals surface area contributed by atoms with Gasteiger partial charge in [-0.15, -0.1) is 0 Å². The van der Waals surface area contributed by atoms with Gasteiger partial charge in [-0.05, 0) is 20.0 Å². The largest absolute Gasteiger partial charge is 0.387 e. The number of nitrogens with zero attached hydrogens (tertiary/aromatic N) is 3. The molecular formula is C13H21N5O. The van der Waals surface area contributed by atoms with E-state index in [2.05, 4.69) is 27.7 Å². The summed E-state index contributed by atoms with van der Waals surface area (Å²) in [4.78, 5) is 18.7. The van der Waals surface area contributed by atoms with E-state index in [0.29, 0.717) is 5.56 Å². The average molecular weight is 263 g/mol. The molecule has 1 aromatic rings. The fourth-order valence-electron chi connectivity index (χ4n) is 2.07. The Morgan fingerprint density at radius 3 is 2.63 bits per heavy atom. The summed E-state index contributed by atoms with van der Waals surface area (Å²) in [5.74, 6) is -0.110. The number of hydrazine groups is 1. The highest BCUT2D eigenvalue weighted by Gasteiger charge is 2.18. The zero-order valence-corrected chi connectivity index (χ0v) is 11.7.